The number of aromatic nitrogens is 5. The topological polar surface area (TPSA) is 110 Å². The Balaban J connectivity index is 1.14. The number of nitrogens with zero attached hydrogens (tertiary/aromatic N) is 6. The third-order valence-electron chi connectivity index (χ3n) is 9.55. The van der Waals surface area contributed by atoms with Gasteiger partial charge >= 0.3 is 0 Å². The third-order valence-corrected chi connectivity index (χ3v) is 9.55. The smallest absolute Gasteiger partial charge is 0.239 e. The van der Waals surface area contributed by atoms with Crippen LogP contribution < -0.4 is 15.5 Å². The van der Waals surface area contributed by atoms with Crippen LogP contribution in [0.5, 0.6) is 0 Å². The Morgan fingerprint density at radius 3 is 2.54 bits per heavy atom. The summed E-state index contributed by atoms with van der Waals surface area (Å²) < 4.78 is 4.17. The molecule has 0 saturated heterocycles. The van der Waals surface area contributed by atoms with Crippen LogP contribution in [0.25, 0.3) is 11.0 Å². The van der Waals surface area contributed by atoms with E-state index in [0.29, 0.717) is 6.42 Å². The van der Waals surface area contributed by atoms with Crippen LogP contribution in [-0.2, 0) is 36.1 Å². The van der Waals surface area contributed by atoms with Gasteiger partial charge in [-0.2, -0.15) is 10.2 Å². The zero-order valence-corrected chi connectivity index (χ0v) is 23.6. The van der Waals surface area contributed by atoms with Crippen molar-refractivity contribution in [2.24, 2.45) is 12.5 Å². The minimum Gasteiger partial charge on any atom is -0.366 e. The molecule has 0 unspecified atom stereocenters. The van der Waals surface area contributed by atoms with Gasteiger partial charge in [-0.25, -0.2) is 4.98 Å². The number of rotatable bonds is 7. The number of nitrogens with one attached hydrogen (secondary N) is 2. The average Bonchev–Trinajstić information content (AvgIpc) is 3.46. The van der Waals surface area contributed by atoms with Crippen LogP contribution in [0.4, 0.5) is 5.69 Å². The van der Waals surface area contributed by atoms with Gasteiger partial charge in [-0.15, -0.1) is 0 Å². The van der Waals surface area contributed by atoms with Gasteiger partial charge in [-0.3, -0.25) is 19.0 Å². The van der Waals surface area contributed by atoms with Gasteiger partial charge < -0.3 is 15.5 Å². The first-order valence-corrected chi connectivity index (χ1v) is 14.4. The second-order valence-electron chi connectivity index (χ2n) is 12.1. The standard InChI is InChI=1S/C29H40N8O2/c1-5-25(38)30-16-26(39)33-29-10-7-28(8-11-29,9-12-29)18-37-23-6-13-36(17-22(23)20(3)34-37)24-14-19(2)32-27-21(24)15-31-35(27)4/h14-15H,5-13,16-18H2,1-4H3,(H,30,38)(H,33,39). The Morgan fingerprint density at radius 1 is 1.08 bits per heavy atom. The lowest BCUT2D eigenvalue weighted by molar-refractivity contribution is -0.128. The van der Waals surface area contributed by atoms with Gasteiger partial charge in [-0.1, -0.05) is 6.92 Å². The first-order valence-electron chi connectivity index (χ1n) is 14.4. The van der Waals surface area contributed by atoms with Crippen molar-refractivity contribution in [1.29, 1.82) is 0 Å². The second-order valence-corrected chi connectivity index (χ2v) is 12.1. The van der Waals surface area contributed by atoms with Crippen LogP contribution >= 0.6 is 0 Å². The van der Waals surface area contributed by atoms with E-state index in [1.165, 1.54) is 16.9 Å². The van der Waals surface area contributed by atoms with E-state index in [9.17, 15) is 9.59 Å². The maximum atomic E-state index is 12.5. The highest BCUT2D eigenvalue weighted by Crippen LogP contribution is 2.53. The summed E-state index contributed by atoms with van der Waals surface area (Å²) in [6.45, 7) is 8.82. The first kappa shape index (κ1) is 25.8. The van der Waals surface area contributed by atoms with Gasteiger partial charge in [0.05, 0.1) is 29.5 Å². The number of aryl methyl sites for hydroxylation is 3. The number of carbonyl (C=O) groups excluding carboxylic acids is 2. The SMILES string of the molecule is CCC(=O)NCC(=O)NC12CCC(Cn3nc(C)c4c3CCN(c3cc(C)nc5c3cnn5C)C4)(CC1)CC2. The summed E-state index contributed by atoms with van der Waals surface area (Å²) in [6, 6.07) is 2.18. The molecule has 0 radical (unpaired) electrons. The van der Waals surface area contributed by atoms with Gasteiger partial charge in [0.25, 0.3) is 0 Å². The first-order chi connectivity index (χ1) is 18.7. The Hall–Kier alpha value is -3.43. The van der Waals surface area contributed by atoms with Crippen molar-refractivity contribution in [3.63, 3.8) is 0 Å². The van der Waals surface area contributed by atoms with Crippen LogP contribution in [0.3, 0.4) is 0 Å². The molecule has 3 saturated carbocycles. The normalized spacial score (nSPS) is 24.2. The summed E-state index contributed by atoms with van der Waals surface area (Å²) in [5, 5.41) is 16.6. The molecule has 10 heteroatoms. The molecule has 2 amide bonds. The van der Waals surface area contributed by atoms with Crippen molar-refractivity contribution >= 4 is 28.5 Å². The molecule has 0 atom stereocenters. The molecule has 4 heterocycles. The fraction of sp³-hybridized carbons (Fsp3) is 0.621. The van der Waals surface area contributed by atoms with E-state index in [4.69, 9.17) is 10.1 Å². The number of hydrogen-bond acceptors (Lipinski definition) is 6. The van der Waals surface area contributed by atoms with Crippen LogP contribution in [0, 0.1) is 19.3 Å². The minimum absolute atomic E-state index is 0.0690. The zero-order valence-electron chi connectivity index (χ0n) is 23.6. The molecule has 7 rings (SSSR count). The van der Waals surface area contributed by atoms with Crippen molar-refractivity contribution in [1.82, 2.24) is 35.2 Å². The summed E-state index contributed by atoms with van der Waals surface area (Å²) in [7, 11) is 1.95. The molecule has 3 aromatic heterocycles. The van der Waals surface area contributed by atoms with E-state index in [0.717, 1.165) is 87.0 Å². The van der Waals surface area contributed by atoms with Crippen molar-refractivity contribution in [3.8, 4) is 0 Å². The summed E-state index contributed by atoms with van der Waals surface area (Å²) in [6.07, 6.45) is 9.60. The Kier molecular flexibility index (Phi) is 6.38. The number of hydrogen-bond donors (Lipinski definition) is 2. The van der Waals surface area contributed by atoms with Crippen molar-refractivity contribution in [2.75, 3.05) is 18.0 Å². The molecule has 1 aliphatic heterocycles. The van der Waals surface area contributed by atoms with E-state index >= 15 is 0 Å². The molecular weight excluding hydrogens is 492 g/mol. The van der Waals surface area contributed by atoms with Crippen LogP contribution in [0.15, 0.2) is 12.3 Å². The average molecular weight is 533 g/mol. The van der Waals surface area contributed by atoms with E-state index in [2.05, 4.69) is 38.3 Å². The van der Waals surface area contributed by atoms with Crippen molar-refractivity contribution in [3.05, 3.63) is 34.9 Å². The maximum absolute atomic E-state index is 12.5. The van der Waals surface area contributed by atoms with Gasteiger partial charge in [0.1, 0.15) is 0 Å². The minimum atomic E-state index is -0.115. The monoisotopic (exact) mass is 532 g/mol. The molecule has 2 N–H and O–H groups in total. The Morgan fingerprint density at radius 2 is 1.82 bits per heavy atom. The molecule has 2 bridgehead atoms. The predicted molar refractivity (Wildman–Crippen MR) is 149 cm³/mol. The largest absolute Gasteiger partial charge is 0.366 e. The van der Waals surface area contributed by atoms with E-state index in [1.807, 2.05) is 24.9 Å². The maximum Gasteiger partial charge on any atom is 0.239 e. The molecule has 0 aromatic carbocycles. The number of carbonyl (C=O) groups is 2. The van der Waals surface area contributed by atoms with E-state index in [-0.39, 0.29) is 29.3 Å². The highest BCUT2D eigenvalue weighted by molar-refractivity contribution is 5.90. The second kappa shape index (κ2) is 9.64. The molecule has 3 aliphatic carbocycles. The Labute approximate surface area is 229 Å². The summed E-state index contributed by atoms with van der Waals surface area (Å²) in [5.74, 6) is -0.156. The molecule has 4 aliphatic rings. The molecule has 208 valence electrons. The Bertz CT molecular complexity index is 1410. The number of anilines is 1. The summed E-state index contributed by atoms with van der Waals surface area (Å²) >= 11 is 0. The molecule has 3 fully saturated rings. The molecule has 39 heavy (non-hydrogen) atoms. The van der Waals surface area contributed by atoms with Gasteiger partial charge in [0.15, 0.2) is 5.65 Å². The quantitative estimate of drug-likeness (QED) is 0.484. The number of pyridine rings is 1. The fourth-order valence-electron chi connectivity index (χ4n) is 7.13. The van der Waals surface area contributed by atoms with Crippen LogP contribution in [-0.4, -0.2) is 55.0 Å². The van der Waals surface area contributed by atoms with E-state index < -0.39 is 0 Å². The highest BCUT2D eigenvalue weighted by Gasteiger charge is 2.49. The predicted octanol–water partition coefficient (Wildman–Crippen LogP) is 3.08. The van der Waals surface area contributed by atoms with Crippen LogP contribution in [0.1, 0.15) is 74.5 Å². The zero-order chi connectivity index (χ0) is 27.4. The number of fused-ring (bicyclic) bond motifs is 5. The lowest BCUT2D eigenvalue weighted by atomic mass is 9.57. The van der Waals surface area contributed by atoms with Crippen molar-refractivity contribution in [2.45, 2.75) is 90.8 Å². The lowest BCUT2D eigenvalue weighted by Gasteiger charge is -2.53. The summed E-state index contributed by atoms with van der Waals surface area (Å²) in [5.41, 5.74) is 7.13. The van der Waals surface area contributed by atoms with Gasteiger partial charge in [0, 0.05) is 62.0 Å². The molecular formula is C29H40N8O2. The summed E-state index contributed by atoms with van der Waals surface area (Å²) in [4.78, 5) is 31.2. The van der Waals surface area contributed by atoms with Crippen LogP contribution in [0.2, 0.25) is 0 Å². The lowest BCUT2D eigenvalue weighted by Crippen LogP contribution is -2.58. The fourth-order valence-corrected chi connectivity index (χ4v) is 7.13. The van der Waals surface area contributed by atoms with Gasteiger partial charge in [0.2, 0.25) is 11.8 Å². The molecule has 3 aromatic rings. The van der Waals surface area contributed by atoms with Gasteiger partial charge in [-0.05, 0) is 63.9 Å². The van der Waals surface area contributed by atoms with Crippen molar-refractivity contribution < 1.29 is 9.59 Å². The van der Waals surface area contributed by atoms with E-state index in [1.54, 1.807) is 6.92 Å². The molecule has 0 spiro atoms. The molecule has 10 nitrogen and oxygen atoms in total. The highest BCUT2D eigenvalue weighted by atomic mass is 16.2. The number of amides is 2. The third kappa shape index (κ3) is 4.67.